The predicted octanol–water partition coefficient (Wildman–Crippen LogP) is 2.66. The highest BCUT2D eigenvalue weighted by Gasteiger charge is 2.21. The minimum absolute atomic E-state index is 0.422. The number of β-amino-alcohol motifs (C(OH)–C–C–N with tert-alkyl or cyclic N) is 1. The van der Waals surface area contributed by atoms with Crippen LogP contribution in [0.2, 0.25) is 0 Å². The van der Waals surface area contributed by atoms with E-state index in [0.29, 0.717) is 31.3 Å². The Labute approximate surface area is 175 Å². The largest absolute Gasteiger partial charge is 0.390 e. The van der Waals surface area contributed by atoms with Crippen LogP contribution < -0.4 is 0 Å². The normalized spacial score (nSPS) is 17.1. The Morgan fingerprint density at radius 2 is 1.50 bits per heavy atom. The van der Waals surface area contributed by atoms with Crippen LogP contribution >= 0.6 is 0 Å². The zero-order valence-electron chi connectivity index (χ0n) is 17.2. The maximum Gasteiger partial charge on any atom is 0.240 e. The lowest BCUT2D eigenvalue weighted by Gasteiger charge is -2.35. The maximum absolute atomic E-state index is 10.9. The molecule has 7 nitrogen and oxygen atoms in total. The minimum Gasteiger partial charge on any atom is -0.390 e. The molecule has 1 aliphatic heterocycles. The van der Waals surface area contributed by atoms with Gasteiger partial charge >= 0.3 is 0 Å². The van der Waals surface area contributed by atoms with Gasteiger partial charge in [-0.3, -0.25) is 9.80 Å². The van der Waals surface area contributed by atoms with Gasteiger partial charge in [-0.05, 0) is 19.1 Å². The first-order chi connectivity index (χ1) is 14.7. The van der Waals surface area contributed by atoms with E-state index < -0.39 is 6.10 Å². The molecule has 1 saturated heterocycles. The van der Waals surface area contributed by atoms with E-state index in [4.69, 9.17) is 4.52 Å². The molecule has 1 N–H and O–H groups in total. The monoisotopic (exact) mass is 405 g/mol. The molecular formula is C23H27N5O2. The third-order valence-electron chi connectivity index (χ3n) is 5.94. The number of piperazine rings is 1. The maximum atomic E-state index is 10.9. The standard InChI is InChI=1S/C23H27N5O2/c1-17-24-23(30-25-17)16-27-12-10-26(11-13-27)14-18(29)15-28-21-8-4-2-6-19(21)20-7-3-5-9-22(20)28/h2-9,18,29H,10-16H2,1H3. The zero-order chi connectivity index (χ0) is 20.5. The molecule has 1 fully saturated rings. The summed E-state index contributed by atoms with van der Waals surface area (Å²) in [6.07, 6.45) is -0.422. The first-order valence-corrected chi connectivity index (χ1v) is 10.6. The van der Waals surface area contributed by atoms with Crippen molar-refractivity contribution in [2.75, 3.05) is 32.7 Å². The van der Waals surface area contributed by atoms with Crippen molar-refractivity contribution >= 4 is 21.8 Å². The minimum atomic E-state index is -0.422. The van der Waals surface area contributed by atoms with Gasteiger partial charge in [0, 0.05) is 54.5 Å². The Morgan fingerprint density at radius 3 is 2.10 bits per heavy atom. The van der Waals surface area contributed by atoms with Crippen LogP contribution in [-0.2, 0) is 13.1 Å². The molecule has 7 heteroatoms. The number of rotatable bonds is 6. The number of aryl methyl sites for hydroxylation is 1. The molecule has 0 spiro atoms. The number of hydrogen-bond donors (Lipinski definition) is 1. The molecule has 156 valence electrons. The molecule has 2 aromatic heterocycles. The Balaban J connectivity index is 1.22. The molecule has 30 heavy (non-hydrogen) atoms. The van der Waals surface area contributed by atoms with Gasteiger partial charge in [0.2, 0.25) is 5.89 Å². The molecule has 0 saturated carbocycles. The molecule has 1 unspecified atom stereocenters. The van der Waals surface area contributed by atoms with Crippen molar-refractivity contribution in [2.24, 2.45) is 0 Å². The van der Waals surface area contributed by atoms with E-state index in [1.54, 1.807) is 0 Å². The highest BCUT2D eigenvalue weighted by Crippen LogP contribution is 2.28. The number of hydrogen-bond acceptors (Lipinski definition) is 6. The molecule has 0 aliphatic carbocycles. The van der Waals surface area contributed by atoms with E-state index >= 15 is 0 Å². The Kier molecular flexibility index (Phi) is 5.25. The van der Waals surface area contributed by atoms with Crippen LogP contribution in [0.1, 0.15) is 11.7 Å². The summed E-state index contributed by atoms with van der Waals surface area (Å²) in [5.74, 6) is 1.35. The van der Waals surface area contributed by atoms with Crippen molar-refractivity contribution < 1.29 is 9.63 Å². The van der Waals surface area contributed by atoms with Crippen LogP contribution in [0.5, 0.6) is 0 Å². The van der Waals surface area contributed by atoms with E-state index in [-0.39, 0.29) is 0 Å². The fourth-order valence-corrected chi connectivity index (χ4v) is 4.49. The molecule has 2 aromatic carbocycles. The lowest BCUT2D eigenvalue weighted by molar-refractivity contribution is 0.0602. The summed E-state index contributed by atoms with van der Waals surface area (Å²) >= 11 is 0. The first kappa shape index (κ1) is 19.2. The van der Waals surface area contributed by atoms with E-state index in [1.807, 2.05) is 6.92 Å². The van der Waals surface area contributed by atoms with Gasteiger partial charge in [0.15, 0.2) is 5.82 Å². The first-order valence-electron chi connectivity index (χ1n) is 10.6. The third-order valence-corrected chi connectivity index (χ3v) is 5.94. The van der Waals surface area contributed by atoms with E-state index in [0.717, 1.165) is 26.2 Å². The summed E-state index contributed by atoms with van der Waals surface area (Å²) < 4.78 is 7.48. The Morgan fingerprint density at radius 1 is 0.900 bits per heavy atom. The van der Waals surface area contributed by atoms with Crippen LogP contribution in [-0.4, -0.2) is 68.4 Å². The van der Waals surface area contributed by atoms with Crippen molar-refractivity contribution in [3.63, 3.8) is 0 Å². The molecular weight excluding hydrogens is 378 g/mol. The van der Waals surface area contributed by atoms with E-state index in [1.165, 1.54) is 21.8 Å². The molecule has 0 radical (unpaired) electrons. The number of para-hydroxylation sites is 2. The predicted molar refractivity (Wildman–Crippen MR) is 116 cm³/mol. The quantitative estimate of drug-likeness (QED) is 0.532. The summed E-state index contributed by atoms with van der Waals surface area (Å²) in [7, 11) is 0. The van der Waals surface area contributed by atoms with Crippen LogP contribution in [0.15, 0.2) is 53.1 Å². The van der Waals surface area contributed by atoms with Crippen molar-refractivity contribution in [1.29, 1.82) is 0 Å². The van der Waals surface area contributed by atoms with Crippen molar-refractivity contribution in [3.8, 4) is 0 Å². The SMILES string of the molecule is Cc1noc(CN2CCN(CC(O)Cn3c4ccccc4c4ccccc43)CC2)n1. The second-order valence-corrected chi connectivity index (χ2v) is 8.11. The Hall–Kier alpha value is -2.74. The summed E-state index contributed by atoms with van der Waals surface area (Å²) in [5.41, 5.74) is 2.36. The van der Waals surface area contributed by atoms with Crippen LogP contribution in [0.25, 0.3) is 21.8 Å². The topological polar surface area (TPSA) is 70.6 Å². The molecule has 3 heterocycles. The van der Waals surface area contributed by atoms with Crippen LogP contribution in [0, 0.1) is 6.92 Å². The zero-order valence-corrected chi connectivity index (χ0v) is 17.2. The second-order valence-electron chi connectivity index (χ2n) is 8.11. The van der Waals surface area contributed by atoms with Crippen LogP contribution in [0.4, 0.5) is 0 Å². The highest BCUT2D eigenvalue weighted by molar-refractivity contribution is 6.07. The van der Waals surface area contributed by atoms with Gasteiger partial charge in [0.05, 0.1) is 19.2 Å². The van der Waals surface area contributed by atoms with Gasteiger partial charge in [-0.2, -0.15) is 4.98 Å². The second kappa shape index (κ2) is 8.18. The van der Waals surface area contributed by atoms with E-state index in [9.17, 15) is 5.11 Å². The van der Waals surface area contributed by atoms with Gasteiger partial charge in [-0.15, -0.1) is 0 Å². The Bertz CT molecular complexity index is 1090. The summed E-state index contributed by atoms with van der Waals surface area (Å²) in [4.78, 5) is 8.95. The van der Waals surface area contributed by atoms with Crippen molar-refractivity contribution in [1.82, 2.24) is 24.5 Å². The fraction of sp³-hybridized carbons (Fsp3) is 0.391. The summed E-state index contributed by atoms with van der Waals surface area (Å²) in [6, 6.07) is 16.9. The van der Waals surface area contributed by atoms with Gasteiger partial charge in [-0.1, -0.05) is 41.6 Å². The number of aromatic nitrogens is 3. The van der Waals surface area contributed by atoms with Crippen molar-refractivity contribution in [3.05, 3.63) is 60.2 Å². The van der Waals surface area contributed by atoms with Crippen molar-refractivity contribution in [2.45, 2.75) is 26.1 Å². The molecule has 0 amide bonds. The summed E-state index contributed by atoms with van der Waals surface area (Å²) in [6.45, 7) is 7.52. The van der Waals surface area contributed by atoms with Gasteiger partial charge in [0.1, 0.15) is 0 Å². The lowest BCUT2D eigenvalue weighted by atomic mass is 10.2. The highest BCUT2D eigenvalue weighted by atomic mass is 16.5. The lowest BCUT2D eigenvalue weighted by Crippen LogP contribution is -2.48. The molecule has 4 aromatic rings. The van der Waals surface area contributed by atoms with Crippen LogP contribution in [0.3, 0.4) is 0 Å². The molecule has 0 bridgehead atoms. The third kappa shape index (κ3) is 3.84. The molecule has 1 aliphatic rings. The fourth-order valence-electron chi connectivity index (χ4n) is 4.49. The van der Waals surface area contributed by atoms with Gasteiger partial charge < -0.3 is 14.2 Å². The number of fused-ring (bicyclic) bond motifs is 3. The average molecular weight is 406 g/mol. The number of benzene rings is 2. The number of aliphatic hydroxyl groups excluding tert-OH is 1. The number of aliphatic hydroxyl groups is 1. The van der Waals surface area contributed by atoms with Gasteiger partial charge in [-0.25, -0.2) is 0 Å². The average Bonchev–Trinajstić information content (AvgIpc) is 3.31. The number of nitrogens with zero attached hydrogens (tertiary/aromatic N) is 5. The smallest absolute Gasteiger partial charge is 0.240 e. The molecule has 1 atom stereocenters. The van der Waals surface area contributed by atoms with Gasteiger partial charge in [0.25, 0.3) is 0 Å². The molecule has 5 rings (SSSR count). The summed E-state index contributed by atoms with van der Waals surface area (Å²) in [5, 5.41) is 17.2. The van der Waals surface area contributed by atoms with E-state index in [2.05, 4.69) is 73.0 Å².